The SMILES string of the molecule is COc1ccc(CCN(CCc2nc(-c3ccc(Br)cc3)no2)C(=O)c2ccccc2)cc1OC. The summed E-state index contributed by atoms with van der Waals surface area (Å²) in [6.07, 6.45) is 1.11. The number of hydrogen-bond acceptors (Lipinski definition) is 6. The number of carbonyl (C=O) groups excluding carboxylic acids is 1. The van der Waals surface area contributed by atoms with Gasteiger partial charge in [0, 0.05) is 35.1 Å². The maximum atomic E-state index is 13.3. The molecule has 0 unspecified atom stereocenters. The van der Waals surface area contributed by atoms with Gasteiger partial charge in [-0.2, -0.15) is 4.98 Å². The summed E-state index contributed by atoms with van der Waals surface area (Å²) in [5.41, 5.74) is 2.55. The van der Waals surface area contributed by atoms with Gasteiger partial charge in [-0.15, -0.1) is 0 Å². The Balaban J connectivity index is 1.47. The van der Waals surface area contributed by atoms with Crippen LogP contribution >= 0.6 is 15.9 Å². The Morgan fingerprint density at radius 3 is 2.34 bits per heavy atom. The molecule has 0 aliphatic rings. The van der Waals surface area contributed by atoms with Crippen molar-refractivity contribution in [1.82, 2.24) is 15.0 Å². The second kappa shape index (κ2) is 11.7. The second-order valence-corrected chi connectivity index (χ2v) is 8.78. The molecule has 4 aromatic rings. The molecule has 1 amide bonds. The van der Waals surface area contributed by atoms with Gasteiger partial charge in [0.2, 0.25) is 11.7 Å². The van der Waals surface area contributed by atoms with E-state index in [1.807, 2.05) is 77.7 Å². The summed E-state index contributed by atoms with van der Waals surface area (Å²) in [7, 11) is 3.22. The van der Waals surface area contributed by atoms with Gasteiger partial charge < -0.3 is 18.9 Å². The lowest BCUT2D eigenvalue weighted by molar-refractivity contribution is 0.0756. The predicted molar refractivity (Wildman–Crippen MR) is 137 cm³/mol. The quantitative estimate of drug-likeness (QED) is 0.269. The Morgan fingerprint density at radius 1 is 0.914 bits per heavy atom. The number of amides is 1. The Hall–Kier alpha value is -3.65. The van der Waals surface area contributed by atoms with Gasteiger partial charge in [0.05, 0.1) is 14.2 Å². The number of benzene rings is 3. The Labute approximate surface area is 212 Å². The lowest BCUT2D eigenvalue weighted by Crippen LogP contribution is -2.34. The van der Waals surface area contributed by atoms with E-state index >= 15 is 0 Å². The Kier molecular flexibility index (Phi) is 8.15. The number of halogens is 1. The first kappa shape index (κ1) is 24.5. The lowest BCUT2D eigenvalue weighted by Gasteiger charge is -2.22. The average Bonchev–Trinajstić information content (AvgIpc) is 3.38. The number of hydrogen-bond donors (Lipinski definition) is 0. The highest BCUT2D eigenvalue weighted by atomic mass is 79.9. The van der Waals surface area contributed by atoms with Crippen LogP contribution in [0.25, 0.3) is 11.4 Å². The molecule has 3 aromatic carbocycles. The van der Waals surface area contributed by atoms with Crippen LogP contribution in [0.1, 0.15) is 21.8 Å². The summed E-state index contributed by atoms with van der Waals surface area (Å²) < 4.78 is 17.2. The zero-order valence-electron chi connectivity index (χ0n) is 19.6. The van der Waals surface area contributed by atoms with Crippen LogP contribution in [0.4, 0.5) is 0 Å². The highest BCUT2D eigenvalue weighted by Gasteiger charge is 2.18. The van der Waals surface area contributed by atoms with Crippen LogP contribution in [0, 0.1) is 0 Å². The Morgan fingerprint density at radius 2 is 1.63 bits per heavy atom. The predicted octanol–water partition coefficient (Wildman–Crippen LogP) is 5.44. The fourth-order valence-corrected chi connectivity index (χ4v) is 3.95. The molecule has 0 saturated carbocycles. The summed E-state index contributed by atoms with van der Waals surface area (Å²) in [6.45, 7) is 0.972. The van der Waals surface area contributed by atoms with Crippen LogP contribution < -0.4 is 9.47 Å². The fraction of sp³-hybridized carbons (Fsp3) is 0.222. The number of carbonyl (C=O) groups is 1. The molecule has 0 N–H and O–H groups in total. The third-order valence-corrected chi connectivity index (χ3v) is 6.12. The molecule has 0 spiro atoms. The van der Waals surface area contributed by atoms with Gasteiger partial charge in [0.15, 0.2) is 11.5 Å². The highest BCUT2D eigenvalue weighted by molar-refractivity contribution is 9.10. The average molecular weight is 536 g/mol. The van der Waals surface area contributed by atoms with E-state index in [4.69, 9.17) is 14.0 Å². The van der Waals surface area contributed by atoms with Crippen molar-refractivity contribution in [1.29, 1.82) is 0 Å². The summed E-state index contributed by atoms with van der Waals surface area (Å²) in [6, 6.07) is 22.8. The standard InChI is InChI=1S/C27H26BrN3O4/c1-33-23-13-8-19(18-24(23)34-2)14-16-31(27(32)21-6-4-3-5-7-21)17-15-25-29-26(30-35-25)20-9-11-22(28)12-10-20/h3-13,18H,14-17H2,1-2H3. The molecule has 8 heteroatoms. The molecule has 0 radical (unpaired) electrons. The first-order valence-electron chi connectivity index (χ1n) is 11.2. The number of rotatable bonds is 10. The molecule has 0 aliphatic carbocycles. The molecular weight excluding hydrogens is 510 g/mol. The van der Waals surface area contributed by atoms with E-state index in [9.17, 15) is 4.79 Å². The molecule has 4 rings (SSSR count). The second-order valence-electron chi connectivity index (χ2n) is 7.87. The number of nitrogens with zero attached hydrogens (tertiary/aromatic N) is 3. The molecule has 1 heterocycles. The third kappa shape index (κ3) is 6.27. The molecule has 0 fully saturated rings. The van der Waals surface area contributed by atoms with Gasteiger partial charge in [-0.25, -0.2) is 0 Å². The fourth-order valence-electron chi connectivity index (χ4n) is 3.68. The van der Waals surface area contributed by atoms with E-state index in [0.717, 1.165) is 15.6 Å². The molecule has 180 valence electrons. The molecule has 7 nitrogen and oxygen atoms in total. The number of aromatic nitrogens is 2. The summed E-state index contributed by atoms with van der Waals surface area (Å²) in [4.78, 5) is 19.6. The zero-order chi connectivity index (χ0) is 24.6. The van der Waals surface area contributed by atoms with Crippen LogP contribution in [-0.2, 0) is 12.8 Å². The minimum absolute atomic E-state index is 0.0428. The first-order valence-corrected chi connectivity index (χ1v) is 12.0. The smallest absolute Gasteiger partial charge is 0.253 e. The van der Waals surface area contributed by atoms with Gasteiger partial charge in [0.25, 0.3) is 5.91 Å². The van der Waals surface area contributed by atoms with Crippen molar-refractivity contribution in [3.8, 4) is 22.9 Å². The molecule has 0 atom stereocenters. The van der Waals surface area contributed by atoms with Crippen LogP contribution in [0.15, 0.2) is 81.8 Å². The molecular formula is C27H26BrN3O4. The van der Waals surface area contributed by atoms with Crippen molar-refractivity contribution in [3.05, 3.63) is 94.3 Å². The van der Waals surface area contributed by atoms with Crippen LogP contribution in [0.2, 0.25) is 0 Å². The Bertz CT molecular complexity index is 1260. The maximum absolute atomic E-state index is 13.3. The van der Waals surface area contributed by atoms with Gasteiger partial charge >= 0.3 is 0 Å². The molecule has 1 aromatic heterocycles. The minimum Gasteiger partial charge on any atom is -0.493 e. The topological polar surface area (TPSA) is 77.7 Å². The molecule has 0 bridgehead atoms. The van der Waals surface area contributed by atoms with Crippen molar-refractivity contribution in [3.63, 3.8) is 0 Å². The lowest BCUT2D eigenvalue weighted by atomic mass is 10.1. The highest BCUT2D eigenvalue weighted by Crippen LogP contribution is 2.28. The summed E-state index contributed by atoms with van der Waals surface area (Å²) >= 11 is 3.43. The third-order valence-electron chi connectivity index (χ3n) is 5.59. The zero-order valence-corrected chi connectivity index (χ0v) is 21.2. The van der Waals surface area contributed by atoms with E-state index in [-0.39, 0.29) is 5.91 Å². The van der Waals surface area contributed by atoms with Crippen LogP contribution in [0.5, 0.6) is 11.5 Å². The van der Waals surface area contributed by atoms with Crippen molar-refractivity contribution >= 4 is 21.8 Å². The largest absolute Gasteiger partial charge is 0.493 e. The molecule has 35 heavy (non-hydrogen) atoms. The number of methoxy groups -OCH3 is 2. The molecule has 0 aliphatic heterocycles. The van der Waals surface area contributed by atoms with Gasteiger partial charge in [-0.1, -0.05) is 45.4 Å². The van der Waals surface area contributed by atoms with Gasteiger partial charge in [0.1, 0.15) is 0 Å². The monoisotopic (exact) mass is 535 g/mol. The number of ether oxygens (including phenoxy) is 2. The van der Waals surface area contributed by atoms with Gasteiger partial charge in [-0.3, -0.25) is 4.79 Å². The van der Waals surface area contributed by atoms with Crippen molar-refractivity contribution in [2.75, 3.05) is 27.3 Å². The van der Waals surface area contributed by atoms with Crippen molar-refractivity contribution in [2.45, 2.75) is 12.8 Å². The van der Waals surface area contributed by atoms with E-state index in [1.54, 1.807) is 14.2 Å². The van der Waals surface area contributed by atoms with Crippen molar-refractivity contribution in [2.24, 2.45) is 0 Å². The van der Waals surface area contributed by atoms with Crippen LogP contribution in [0.3, 0.4) is 0 Å². The van der Waals surface area contributed by atoms with E-state index in [1.165, 1.54) is 0 Å². The van der Waals surface area contributed by atoms with E-state index in [0.29, 0.717) is 54.7 Å². The first-order chi connectivity index (χ1) is 17.1. The van der Waals surface area contributed by atoms with Crippen molar-refractivity contribution < 1.29 is 18.8 Å². The summed E-state index contributed by atoms with van der Waals surface area (Å²) in [5.74, 6) is 2.31. The normalized spacial score (nSPS) is 10.7. The minimum atomic E-state index is -0.0428. The van der Waals surface area contributed by atoms with Gasteiger partial charge in [-0.05, 0) is 60.5 Å². The van der Waals surface area contributed by atoms with E-state index < -0.39 is 0 Å². The molecule has 0 saturated heterocycles. The maximum Gasteiger partial charge on any atom is 0.253 e. The van der Waals surface area contributed by atoms with E-state index in [2.05, 4.69) is 26.1 Å². The summed E-state index contributed by atoms with van der Waals surface area (Å²) in [5, 5.41) is 4.10. The van der Waals surface area contributed by atoms with Crippen LogP contribution in [-0.4, -0.2) is 48.3 Å².